The van der Waals surface area contributed by atoms with Crippen LogP contribution in [0.2, 0.25) is 0 Å². The van der Waals surface area contributed by atoms with Crippen molar-refractivity contribution in [3.63, 3.8) is 0 Å². The average Bonchev–Trinajstić information content (AvgIpc) is 3.07. The van der Waals surface area contributed by atoms with Crippen LogP contribution in [0.4, 0.5) is 0 Å². The van der Waals surface area contributed by atoms with Crippen LogP contribution in [-0.2, 0) is 0 Å². The van der Waals surface area contributed by atoms with E-state index in [-0.39, 0.29) is 12.6 Å². The van der Waals surface area contributed by atoms with Crippen LogP contribution in [0.3, 0.4) is 0 Å². The molecule has 2 rings (SSSR count). The lowest BCUT2D eigenvalue weighted by atomic mass is 10.2. The smallest absolute Gasteiger partial charge is 0.0597 e. The lowest BCUT2D eigenvalue weighted by molar-refractivity contribution is 0.172. The first-order chi connectivity index (χ1) is 7.33. The van der Waals surface area contributed by atoms with Crippen LogP contribution < -0.4 is 5.32 Å². The van der Waals surface area contributed by atoms with Gasteiger partial charge in [0.15, 0.2) is 0 Å². The van der Waals surface area contributed by atoms with Crippen LogP contribution >= 0.6 is 0 Å². The van der Waals surface area contributed by atoms with E-state index >= 15 is 0 Å². The molecule has 3 heteroatoms. The minimum Gasteiger partial charge on any atom is -0.395 e. The van der Waals surface area contributed by atoms with Crippen molar-refractivity contribution in [2.75, 3.05) is 26.2 Å². The number of aliphatic hydroxyl groups excluding tert-OH is 1. The minimum absolute atomic E-state index is 0.266. The largest absolute Gasteiger partial charge is 0.395 e. The summed E-state index contributed by atoms with van der Waals surface area (Å²) in [7, 11) is 0. The zero-order chi connectivity index (χ0) is 10.7. The molecule has 2 aliphatic carbocycles. The molecule has 88 valence electrons. The Labute approximate surface area is 92.8 Å². The number of hydrogen-bond acceptors (Lipinski definition) is 3. The van der Waals surface area contributed by atoms with Crippen molar-refractivity contribution >= 4 is 0 Å². The standard InChI is InChI=1S/C12H24N2O/c1-2-13-11(9-15)8-14(12-5-6-12)7-10-3-4-10/h10-13,15H,2-9H2,1H3. The number of rotatable bonds is 8. The van der Waals surface area contributed by atoms with Gasteiger partial charge in [-0.15, -0.1) is 0 Å². The minimum atomic E-state index is 0.266. The highest BCUT2D eigenvalue weighted by atomic mass is 16.3. The summed E-state index contributed by atoms with van der Waals surface area (Å²) in [6.07, 6.45) is 5.59. The highest BCUT2D eigenvalue weighted by Crippen LogP contribution is 2.34. The van der Waals surface area contributed by atoms with Gasteiger partial charge in [0.2, 0.25) is 0 Å². The molecule has 2 saturated carbocycles. The van der Waals surface area contributed by atoms with E-state index in [0.717, 1.165) is 25.0 Å². The van der Waals surface area contributed by atoms with Crippen LogP contribution in [-0.4, -0.2) is 48.3 Å². The van der Waals surface area contributed by atoms with Crippen LogP contribution in [0, 0.1) is 5.92 Å². The molecular weight excluding hydrogens is 188 g/mol. The highest BCUT2D eigenvalue weighted by Gasteiger charge is 2.34. The van der Waals surface area contributed by atoms with Gasteiger partial charge in [-0.05, 0) is 38.1 Å². The molecule has 0 spiro atoms. The predicted octanol–water partition coefficient (Wildman–Crippen LogP) is 0.831. The fraction of sp³-hybridized carbons (Fsp3) is 1.00. The van der Waals surface area contributed by atoms with E-state index in [9.17, 15) is 5.11 Å². The molecular formula is C12H24N2O. The number of nitrogens with one attached hydrogen (secondary N) is 1. The van der Waals surface area contributed by atoms with Crippen molar-refractivity contribution in [2.24, 2.45) is 5.92 Å². The van der Waals surface area contributed by atoms with Crippen molar-refractivity contribution in [1.29, 1.82) is 0 Å². The van der Waals surface area contributed by atoms with Gasteiger partial charge in [-0.2, -0.15) is 0 Å². The second kappa shape index (κ2) is 5.28. The first kappa shape index (κ1) is 11.4. The lowest BCUT2D eigenvalue weighted by Gasteiger charge is -2.27. The van der Waals surface area contributed by atoms with Crippen molar-refractivity contribution in [3.05, 3.63) is 0 Å². The van der Waals surface area contributed by atoms with E-state index in [0.29, 0.717) is 0 Å². The van der Waals surface area contributed by atoms with Gasteiger partial charge in [0.1, 0.15) is 0 Å². The molecule has 0 radical (unpaired) electrons. The van der Waals surface area contributed by atoms with Gasteiger partial charge in [-0.25, -0.2) is 0 Å². The van der Waals surface area contributed by atoms with Crippen LogP contribution in [0.1, 0.15) is 32.6 Å². The van der Waals surface area contributed by atoms with Gasteiger partial charge in [-0.1, -0.05) is 6.92 Å². The van der Waals surface area contributed by atoms with E-state index < -0.39 is 0 Å². The maximum absolute atomic E-state index is 9.27. The molecule has 0 bridgehead atoms. The summed E-state index contributed by atoms with van der Waals surface area (Å²) in [5.41, 5.74) is 0. The summed E-state index contributed by atoms with van der Waals surface area (Å²) >= 11 is 0. The van der Waals surface area contributed by atoms with E-state index in [1.807, 2.05) is 0 Å². The molecule has 0 aromatic carbocycles. The van der Waals surface area contributed by atoms with E-state index in [1.165, 1.54) is 32.2 Å². The van der Waals surface area contributed by atoms with E-state index in [4.69, 9.17) is 0 Å². The molecule has 0 saturated heterocycles. The van der Waals surface area contributed by atoms with Gasteiger partial charge in [0.25, 0.3) is 0 Å². The van der Waals surface area contributed by atoms with Crippen LogP contribution in [0.5, 0.6) is 0 Å². The molecule has 15 heavy (non-hydrogen) atoms. The monoisotopic (exact) mass is 212 g/mol. The number of nitrogens with zero attached hydrogens (tertiary/aromatic N) is 1. The third-order valence-electron chi connectivity index (χ3n) is 3.42. The Morgan fingerprint density at radius 1 is 1.33 bits per heavy atom. The zero-order valence-electron chi connectivity index (χ0n) is 9.78. The van der Waals surface area contributed by atoms with Crippen molar-refractivity contribution < 1.29 is 5.11 Å². The van der Waals surface area contributed by atoms with Gasteiger partial charge in [0.05, 0.1) is 6.61 Å². The van der Waals surface area contributed by atoms with Crippen LogP contribution in [0.25, 0.3) is 0 Å². The first-order valence-corrected chi connectivity index (χ1v) is 6.41. The maximum atomic E-state index is 9.27. The van der Waals surface area contributed by atoms with Gasteiger partial charge in [-0.3, -0.25) is 4.90 Å². The van der Waals surface area contributed by atoms with E-state index in [1.54, 1.807) is 0 Å². The lowest BCUT2D eigenvalue weighted by Crippen LogP contribution is -2.44. The third kappa shape index (κ3) is 3.74. The quantitative estimate of drug-likeness (QED) is 0.625. The molecule has 2 aliphatic rings. The van der Waals surface area contributed by atoms with Crippen molar-refractivity contribution in [3.8, 4) is 0 Å². The Kier molecular flexibility index (Phi) is 4.00. The Morgan fingerprint density at radius 3 is 2.53 bits per heavy atom. The molecule has 2 fully saturated rings. The normalized spacial score (nSPS) is 23.4. The van der Waals surface area contributed by atoms with Gasteiger partial charge in [0, 0.05) is 25.2 Å². The maximum Gasteiger partial charge on any atom is 0.0597 e. The Hall–Kier alpha value is -0.120. The third-order valence-corrected chi connectivity index (χ3v) is 3.42. The van der Waals surface area contributed by atoms with Gasteiger partial charge < -0.3 is 10.4 Å². The average molecular weight is 212 g/mol. The Morgan fingerprint density at radius 2 is 2.07 bits per heavy atom. The number of aliphatic hydroxyl groups is 1. The molecule has 3 nitrogen and oxygen atoms in total. The molecule has 1 unspecified atom stereocenters. The molecule has 0 aromatic heterocycles. The highest BCUT2D eigenvalue weighted by molar-refractivity contribution is 4.90. The van der Waals surface area contributed by atoms with Crippen molar-refractivity contribution in [2.45, 2.75) is 44.7 Å². The number of likely N-dealkylation sites (N-methyl/N-ethyl adjacent to an activating group) is 1. The molecule has 0 heterocycles. The van der Waals surface area contributed by atoms with E-state index in [2.05, 4.69) is 17.1 Å². The second-order valence-electron chi connectivity index (χ2n) is 5.07. The fourth-order valence-corrected chi connectivity index (χ4v) is 2.20. The summed E-state index contributed by atoms with van der Waals surface area (Å²) in [4.78, 5) is 2.60. The fourth-order valence-electron chi connectivity index (χ4n) is 2.20. The summed E-state index contributed by atoms with van der Waals surface area (Å²) in [6, 6.07) is 1.10. The molecule has 0 aliphatic heterocycles. The van der Waals surface area contributed by atoms with Gasteiger partial charge >= 0.3 is 0 Å². The summed E-state index contributed by atoms with van der Waals surface area (Å²) in [6.45, 7) is 5.62. The number of hydrogen-bond donors (Lipinski definition) is 2. The SMILES string of the molecule is CCNC(CO)CN(CC1CC1)C1CC1. The Balaban J connectivity index is 1.75. The topological polar surface area (TPSA) is 35.5 Å². The van der Waals surface area contributed by atoms with Crippen LogP contribution in [0.15, 0.2) is 0 Å². The molecule has 0 amide bonds. The summed E-state index contributed by atoms with van der Waals surface area (Å²) in [5.74, 6) is 0.964. The second-order valence-corrected chi connectivity index (χ2v) is 5.07. The first-order valence-electron chi connectivity index (χ1n) is 6.41. The van der Waals surface area contributed by atoms with Crippen molar-refractivity contribution in [1.82, 2.24) is 10.2 Å². The molecule has 1 atom stereocenters. The summed E-state index contributed by atoms with van der Waals surface area (Å²) < 4.78 is 0. The molecule has 2 N–H and O–H groups in total. The predicted molar refractivity (Wildman–Crippen MR) is 61.9 cm³/mol. The summed E-state index contributed by atoms with van der Waals surface area (Å²) in [5, 5.41) is 12.6. The Bertz CT molecular complexity index is 190. The zero-order valence-corrected chi connectivity index (χ0v) is 9.78. The molecule has 0 aromatic rings.